The molecular weight excluding hydrogens is 324 g/mol. The highest BCUT2D eigenvalue weighted by Gasteiger charge is 2.42. The van der Waals surface area contributed by atoms with Crippen LogP contribution in [-0.2, 0) is 4.79 Å². The van der Waals surface area contributed by atoms with Gasteiger partial charge in [0.15, 0.2) is 0 Å². The predicted octanol–water partition coefficient (Wildman–Crippen LogP) is 6.04. The number of carbonyl (C=O) groups is 1. The summed E-state index contributed by atoms with van der Waals surface area (Å²) < 4.78 is 0. The van der Waals surface area contributed by atoms with Gasteiger partial charge < -0.3 is 10.2 Å². The van der Waals surface area contributed by atoms with Crippen LogP contribution in [0.15, 0.2) is 0 Å². The highest BCUT2D eigenvalue weighted by Crippen LogP contribution is 2.46. The number of aliphatic carboxylic acids is 1. The third-order valence-electron chi connectivity index (χ3n) is 7.34. The molecule has 4 unspecified atom stereocenters. The van der Waals surface area contributed by atoms with E-state index in [1.54, 1.807) is 0 Å². The lowest BCUT2D eigenvalue weighted by Crippen LogP contribution is -2.41. The quantitative estimate of drug-likeness (QED) is 0.438. The van der Waals surface area contributed by atoms with Crippen LogP contribution in [0, 0.1) is 29.6 Å². The van der Waals surface area contributed by atoms with Gasteiger partial charge >= 0.3 is 5.97 Å². The second-order valence-corrected chi connectivity index (χ2v) is 9.25. The van der Waals surface area contributed by atoms with E-state index in [1.807, 2.05) is 0 Å². The highest BCUT2D eigenvalue weighted by molar-refractivity contribution is 5.67. The molecule has 2 aliphatic rings. The normalized spacial score (nSPS) is 24.3. The zero-order chi connectivity index (χ0) is 18.9. The van der Waals surface area contributed by atoms with Gasteiger partial charge in [0.2, 0.25) is 0 Å². The Bertz CT molecular complexity index is 396. The van der Waals surface area contributed by atoms with Crippen LogP contribution in [0.2, 0.25) is 0 Å². The van der Waals surface area contributed by atoms with Gasteiger partial charge in [0.1, 0.15) is 0 Å². The van der Waals surface area contributed by atoms with Crippen molar-refractivity contribution >= 4 is 5.97 Å². The molecule has 0 aromatic rings. The molecular formula is C23H42O3. The van der Waals surface area contributed by atoms with Gasteiger partial charge in [-0.15, -0.1) is 0 Å². The average molecular weight is 367 g/mol. The van der Waals surface area contributed by atoms with Crippen LogP contribution in [0.3, 0.4) is 0 Å². The minimum atomic E-state index is -0.672. The predicted molar refractivity (Wildman–Crippen MR) is 107 cm³/mol. The first kappa shape index (κ1) is 21.7. The van der Waals surface area contributed by atoms with Crippen LogP contribution < -0.4 is 0 Å². The SMILES string of the molecule is CCCCCC(C)C(O)C(C1CCCC1)C(CC(=O)O)C1CCCCC1. The summed E-state index contributed by atoms with van der Waals surface area (Å²) in [5, 5.41) is 21.0. The van der Waals surface area contributed by atoms with Crippen LogP contribution in [0.1, 0.15) is 104 Å². The zero-order valence-corrected chi connectivity index (χ0v) is 17.2. The fourth-order valence-corrected chi connectivity index (χ4v) is 5.87. The molecule has 2 fully saturated rings. The van der Waals surface area contributed by atoms with Gasteiger partial charge in [-0.3, -0.25) is 4.79 Å². The van der Waals surface area contributed by atoms with Crippen molar-refractivity contribution < 1.29 is 15.0 Å². The molecule has 2 N–H and O–H groups in total. The van der Waals surface area contributed by atoms with Crippen LogP contribution in [0.25, 0.3) is 0 Å². The van der Waals surface area contributed by atoms with Gasteiger partial charge in [0.05, 0.1) is 6.10 Å². The Morgan fingerprint density at radius 3 is 2.12 bits per heavy atom. The molecule has 0 aromatic carbocycles. The maximum absolute atomic E-state index is 11.7. The van der Waals surface area contributed by atoms with Crippen molar-refractivity contribution in [2.24, 2.45) is 29.6 Å². The lowest BCUT2D eigenvalue weighted by Gasteiger charge is -2.42. The van der Waals surface area contributed by atoms with E-state index in [0.29, 0.717) is 11.8 Å². The van der Waals surface area contributed by atoms with Gasteiger partial charge in [-0.25, -0.2) is 0 Å². The molecule has 2 saturated carbocycles. The Morgan fingerprint density at radius 2 is 1.54 bits per heavy atom. The van der Waals surface area contributed by atoms with Crippen LogP contribution in [0.4, 0.5) is 0 Å². The molecule has 0 aliphatic heterocycles. The zero-order valence-electron chi connectivity index (χ0n) is 17.2. The van der Waals surface area contributed by atoms with Crippen molar-refractivity contribution in [1.82, 2.24) is 0 Å². The first-order valence-electron chi connectivity index (χ1n) is 11.4. The Balaban J connectivity index is 2.16. The number of hydrogen-bond acceptors (Lipinski definition) is 2. The highest BCUT2D eigenvalue weighted by atomic mass is 16.4. The second-order valence-electron chi connectivity index (χ2n) is 9.25. The van der Waals surface area contributed by atoms with Crippen molar-refractivity contribution in [1.29, 1.82) is 0 Å². The van der Waals surface area contributed by atoms with E-state index in [4.69, 9.17) is 0 Å². The van der Waals surface area contributed by atoms with E-state index in [2.05, 4.69) is 13.8 Å². The summed E-state index contributed by atoms with van der Waals surface area (Å²) >= 11 is 0. The number of carboxylic acid groups (broad SMARTS) is 1. The van der Waals surface area contributed by atoms with Gasteiger partial charge in [-0.1, -0.05) is 90.9 Å². The van der Waals surface area contributed by atoms with E-state index in [9.17, 15) is 15.0 Å². The van der Waals surface area contributed by atoms with Crippen molar-refractivity contribution in [2.45, 2.75) is 110 Å². The first-order chi connectivity index (χ1) is 12.5. The summed E-state index contributed by atoms with van der Waals surface area (Å²) in [5.41, 5.74) is 0. The van der Waals surface area contributed by atoms with Crippen molar-refractivity contribution in [3.63, 3.8) is 0 Å². The number of unbranched alkanes of at least 4 members (excludes halogenated alkanes) is 2. The number of aliphatic hydroxyl groups excluding tert-OH is 1. The van der Waals surface area contributed by atoms with Crippen LogP contribution in [0.5, 0.6) is 0 Å². The summed E-state index contributed by atoms with van der Waals surface area (Å²) in [6.45, 7) is 4.41. The summed E-state index contributed by atoms with van der Waals surface area (Å²) in [5.74, 6) is 1.00. The van der Waals surface area contributed by atoms with E-state index >= 15 is 0 Å². The van der Waals surface area contributed by atoms with E-state index in [1.165, 1.54) is 64.2 Å². The summed E-state index contributed by atoms with van der Waals surface area (Å²) in [7, 11) is 0. The molecule has 0 saturated heterocycles. The Labute approximate surface area is 161 Å². The molecule has 152 valence electrons. The molecule has 3 nitrogen and oxygen atoms in total. The molecule has 2 rings (SSSR count). The Hall–Kier alpha value is -0.570. The number of carboxylic acids is 1. The lowest BCUT2D eigenvalue weighted by atomic mass is 9.64. The van der Waals surface area contributed by atoms with E-state index < -0.39 is 5.97 Å². The minimum Gasteiger partial charge on any atom is -0.481 e. The molecule has 0 amide bonds. The number of aliphatic hydroxyl groups is 1. The minimum absolute atomic E-state index is 0.166. The van der Waals surface area contributed by atoms with Gasteiger partial charge in [0, 0.05) is 6.42 Å². The van der Waals surface area contributed by atoms with Crippen LogP contribution >= 0.6 is 0 Å². The van der Waals surface area contributed by atoms with E-state index in [-0.39, 0.29) is 30.3 Å². The number of hydrogen-bond donors (Lipinski definition) is 2. The number of rotatable bonds is 11. The molecule has 26 heavy (non-hydrogen) atoms. The van der Waals surface area contributed by atoms with Crippen molar-refractivity contribution in [2.75, 3.05) is 0 Å². The molecule has 3 heteroatoms. The van der Waals surface area contributed by atoms with Crippen molar-refractivity contribution in [3.05, 3.63) is 0 Å². The monoisotopic (exact) mass is 366 g/mol. The molecule has 0 bridgehead atoms. The second kappa shape index (κ2) is 11.3. The molecule has 0 radical (unpaired) electrons. The lowest BCUT2D eigenvalue weighted by molar-refractivity contribution is -0.140. The maximum atomic E-state index is 11.7. The van der Waals surface area contributed by atoms with Gasteiger partial charge in [0.25, 0.3) is 0 Å². The first-order valence-corrected chi connectivity index (χ1v) is 11.4. The topological polar surface area (TPSA) is 57.5 Å². The third kappa shape index (κ3) is 6.25. The van der Waals surface area contributed by atoms with E-state index in [0.717, 1.165) is 19.3 Å². The summed E-state index contributed by atoms with van der Waals surface area (Å²) in [6.07, 6.45) is 15.6. The largest absolute Gasteiger partial charge is 0.481 e. The van der Waals surface area contributed by atoms with Crippen molar-refractivity contribution in [3.8, 4) is 0 Å². The fourth-order valence-electron chi connectivity index (χ4n) is 5.87. The molecule has 0 spiro atoms. The third-order valence-corrected chi connectivity index (χ3v) is 7.34. The Kier molecular flexibility index (Phi) is 9.45. The molecule has 0 aromatic heterocycles. The van der Waals surface area contributed by atoms with Gasteiger partial charge in [-0.05, 0) is 36.0 Å². The summed E-state index contributed by atoms with van der Waals surface area (Å²) in [6, 6.07) is 0. The fraction of sp³-hybridized carbons (Fsp3) is 0.957. The maximum Gasteiger partial charge on any atom is 0.303 e. The van der Waals surface area contributed by atoms with Crippen LogP contribution in [-0.4, -0.2) is 22.3 Å². The standard InChI is InChI=1S/C23H42O3/c1-3-4-6-11-17(2)23(26)22(19-14-9-10-15-19)20(16-21(24)25)18-12-7-5-8-13-18/h17-20,22-23,26H,3-16H2,1-2H3,(H,24,25). The smallest absolute Gasteiger partial charge is 0.303 e. The summed E-state index contributed by atoms with van der Waals surface area (Å²) in [4.78, 5) is 11.7. The molecule has 2 aliphatic carbocycles. The molecule has 4 atom stereocenters. The molecule has 0 heterocycles. The Morgan fingerprint density at radius 1 is 0.962 bits per heavy atom. The average Bonchev–Trinajstić information content (AvgIpc) is 3.15. The van der Waals surface area contributed by atoms with Gasteiger partial charge in [-0.2, -0.15) is 0 Å².